The van der Waals surface area contributed by atoms with Crippen molar-refractivity contribution in [3.05, 3.63) is 30.3 Å². The van der Waals surface area contributed by atoms with Crippen molar-refractivity contribution in [2.75, 3.05) is 13.7 Å². The van der Waals surface area contributed by atoms with Gasteiger partial charge in [0, 0.05) is 0 Å². The van der Waals surface area contributed by atoms with E-state index in [0.717, 1.165) is 6.61 Å². The summed E-state index contributed by atoms with van der Waals surface area (Å²) < 4.78 is 11.6. The van der Waals surface area contributed by atoms with Gasteiger partial charge in [0.05, 0.1) is 0 Å². The predicted octanol–water partition coefficient (Wildman–Crippen LogP) is 5.37. The van der Waals surface area contributed by atoms with Gasteiger partial charge in [0.15, 0.2) is 0 Å². The molecule has 0 radical (unpaired) electrons. The normalized spacial score (nSPS) is 11.8. The average molecular weight is 397 g/mol. The van der Waals surface area contributed by atoms with E-state index in [9.17, 15) is 0 Å². The van der Waals surface area contributed by atoms with Gasteiger partial charge in [0.25, 0.3) is 0 Å². The first-order chi connectivity index (χ1) is 10.3. The molecule has 0 spiro atoms. The van der Waals surface area contributed by atoms with Crippen LogP contribution < -0.4 is 3.58 Å². The van der Waals surface area contributed by atoms with E-state index in [4.69, 9.17) is 4.74 Å². The standard InChI is InChI=1S/C6H5.C5H11O.2C4H9.Sn/c1-2-4-6-5-3-1;1-3-4-5-6-2;2*1-3-4-2;/h1-5H;1,3-5H2,2H3;2*1,3-4H2,2H3;. The van der Waals surface area contributed by atoms with Crippen molar-refractivity contribution < 1.29 is 4.74 Å². The maximum absolute atomic E-state index is 5.25. The molecule has 0 fully saturated rings. The SMILES string of the molecule is CCC[CH2][Sn]([CH2]CCC)([CH2]CCCOC)[c]1ccccc1. The molecule has 1 nitrogen and oxygen atoms in total. The molecule has 0 amide bonds. The third-order valence-electron chi connectivity index (χ3n) is 4.66. The van der Waals surface area contributed by atoms with Gasteiger partial charge in [-0.15, -0.1) is 0 Å². The molecule has 0 bridgehead atoms. The Balaban J connectivity index is 2.85. The van der Waals surface area contributed by atoms with Crippen molar-refractivity contribution in [3.8, 4) is 0 Å². The van der Waals surface area contributed by atoms with E-state index in [1.165, 1.54) is 43.0 Å². The topological polar surface area (TPSA) is 9.23 Å². The van der Waals surface area contributed by atoms with Crippen molar-refractivity contribution in [3.63, 3.8) is 0 Å². The summed E-state index contributed by atoms with van der Waals surface area (Å²) in [6.07, 6.45) is 8.15. The minimum absolute atomic E-state index is 0.929. The van der Waals surface area contributed by atoms with E-state index in [1.807, 2.05) is 7.11 Å². The quantitative estimate of drug-likeness (QED) is 0.341. The average Bonchev–Trinajstić information content (AvgIpc) is 2.54. The Morgan fingerprint density at radius 3 is 1.90 bits per heavy atom. The van der Waals surface area contributed by atoms with Crippen LogP contribution in [0.15, 0.2) is 30.3 Å². The van der Waals surface area contributed by atoms with Crippen LogP contribution in [0.5, 0.6) is 0 Å². The summed E-state index contributed by atoms with van der Waals surface area (Å²) in [5.41, 5.74) is 0. The van der Waals surface area contributed by atoms with Crippen molar-refractivity contribution >= 4 is 22.0 Å². The molecule has 0 saturated carbocycles. The molecule has 1 rings (SSSR count). The number of ether oxygens (including phenoxy) is 1. The first-order valence-electron chi connectivity index (χ1n) is 8.83. The second kappa shape index (κ2) is 11.5. The van der Waals surface area contributed by atoms with Gasteiger partial charge in [0.1, 0.15) is 0 Å². The third kappa shape index (κ3) is 6.73. The van der Waals surface area contributed by atoms with Gasteiger partial charge in [-0.25, -0.2) is 0 Å². The summed E-state index contributed by atoms with van der Waals surface area (Å²) in [5.74, 6) is 0. The molecular formula is C19H34OSn. The van der Waals surface area contributed by atoms with Gasteiger partial charge in [-0.3, -0.25) is 0 Å². The monoisotopic (exact) mass is 398 g/mol. The molecule has 120 valence electrons. The fraction of sp³-hybridized carbons (Fsp3) is 0.684. The van der Waals surface area contributed by atoms with Crippen LogP contribution >= 0.6 is 0 Å². The third-order valence-corrected chi connectivity index (χ3v) is 20.3. The zero-order valence-corrected chi connectivity index (χ0v) is 17.2. The molecule has 21 heavy (non-hydrogen) atoms. The van der Waals surface area contributed by atoms with Gasteiger partial charge >= 0.3 is 136 Å². The van der Waals surface area contributed by atoms with E-state index in [1.54, 1.807) is 12.5 Å². The zero-order valence-electron chi connectivity index (χ0n) is 14.4. The summed E-state index contributed by atoms with van der Waals surface area (Å²) in [6, 6.07) is 11.6. The second-order valence-corrected chi connectivity index (χ2v) is 19.5. The summed E-state index contributed by atoms with van der Waals surface area (Å²) >= 11 is -2.19. The van der Waals surface area contributed by atoms with Gasteiger partial charge in [0.2, 0.25) is 0 Å². The maximum atomic E-state index is 5.25. The van der Waals surface area contributed by atoms with E-state index in [2.05, 4.69) is 44.2 Å². The number of hydrogen-bond acceptors (Lipinski definition) is 1. The van der Waals surface area contributed by atoms with Crippen molar-refractivity contribution in [1.82, 2.24) is 0 Å². The Kier molecular flexibility index (Phi) is 10.4. The molecule has 0 heterocycles. The first kappa shape index (κ1) is 19.0. The molecule has 1 aromatic carbocycles. The Labute approximate surface area is 136 Å². The molecule has 0 aromatic heterocycles. The zero-order chi connectivity index (χ0) is 15.4. The molecule has 0 aliphatic carbocycles. The van der Waals surface area contributed by atoms with E-state index in [0.29, 0.717) is 0 Å². The number of unbranched alkanes of at least 4 members (excludes halogenated alkanes) is 3. The van der Waals surface area contributed by atoms with Gasteiger partial charge in [-0.1, -0.05) is 0 Å². The molecule has 1 aromatic rings. The van der Waals surface area contributed by atoms with Crippen LogP contribution in [0.1, 0.15) is 52.4 Å². The van der Waals surface area contributed by atoms with E-state index >= 15 is 0 Å². The Morgan fingerprint density at radius 2 is 1.38 bits per heavy atom. The molecule has 0 atom stereocenters. The summed E-state index contributed by atoms with van der Waals surface area (Å²) in [7, 11) is 1.82. The van der Waals surface area contributed by atoms with Crippen LogP contribution in [0.3, 0.4) is 0 Å². The number of methoxy groups -OCH3 is 1. The Morgan fingerprint density at radius 1 is 0.810 bits per heavy atom. The molecule has 0 N–H and O–H groups in total. The fourth-order valence-electron chi connectivity index (χ4n) is 3.34. The molecule has 0 aliphatic rings. The Hall–Kier alpha value is -0.0213. The molecule has 0 unspecified atom stereocenters. The fourth-order valence-corrected chi connectivity index (χ4v) is 19.0. The van der Waals surface area contributed by atoms with E-state index < -0.39 is 18.4 Å². The molecule has 0 saturated heterocycles. The minimum atomic E-state index is -2.19. The number of hydrogen-bond donors (Lipinski definition) is 0. The number of rotatable bonds is 12. The van der Waals surface area contributed by atoms with Crippen molar-refractivity contribution in [2.45, 2.75) is 65.7 Å². The van der Waals surface area contributed by atoms with Crippen LogP contribution in [-0.4, -0.2) is 32.1 Å². The summed E-state index contributed by atoms with van der Waals surface area (Å²) in [6.45, 7) is 5.61. The van der Waals surface area contributed by atoms with Crippen LogP contribution in [0.25, 0.3) is 0 Å². The van der Waals surface area contributed by atoms with Crippen molar-refractivity contribution in [1.29, 1.82) is 0 Å². The van der Waals surface area contributed by atoms with Gasteiger partial charge < -0.3 is 0 Å². The van der Waals surface area contributed by atoms with Gasteiger partial charge in [-0.05, 0) is 0 Å². The first-order valence-corrected chi connectivity index (χ1v) is 16.3. The van der Waals surface area contributed by atoms with Crippen LogP contribution in [0.4, 0.5) is 0 Å². The summed E-state index contributed by atoms with van der Waals surface area (Å²) in [4.78, 5) is 0. The van der Waals surface area contributed by atoms with Crippen LogP contribution in [0.2, 0.25) is 13.3 Å². The van der Waals surface area contributed by atoms with Crippen molar-refractivity contribution in [2.24, 2.45) is 0 Å². The van der Waals surface area contributed by atoms with E-state index in [-0.39, 0.29) is 0 Å². The second-order valence-electron chi connectivity index (χ2n) is 6.30. The Bertz CT molecular complexity index is 342. The predicted molar refractivity (Wildman–Crippen MR) is 97.2 cm³/mol. The molecule has 2 heteroatoms. The van der Waals surface area contributed by atoms with Crippen LogP contribution in [0, 0.1) is 0 Å². The number of benzene rings is 1. The molecular weight excluding hydrogens is 363 g/mol. The van der Waals surface area contributed by atoms with Gasteiger partial charge in [-0.2, -0.15) is 0 Å². The van der Waals surface area contributed by atoms with Crippen LogP contribution in [-0.2, 0) is 4.74 Å². The molecule has 0 aliphatic heterocycles. The summed E-state index contributed by atoms with van der Waals surface area (Å²) in [5, 5.41) is 0.